The predicted octanol–water partition coefficient (Wildman–Crippen LogP) is 2.48. The molecular weight excluding hydrogens is 406 g/mol. The van der Waals surface area contributed by atoms with Gasteiger partial charge < -0.3 is 24.6 Å². The van der Waals surface area contributed by atoms with Crippen molar-refractivity contribution in [2.24, 2.45) is 0 Å². The summed E-state index contributed by atoms with van der Waals surface area (Å²) in [4.78, 5) is 41.4. The Labute approximate surface area is 179 Å². The van der Waals surface area contributed by atoms with Gasteiger partial charge in [-0.25, -0.2) is 0 Å². The predicted molar refractivity (Wildman–Crippen MR) is 116 cm³/mol. The van der Waals surface area contributed by atoms with Gasteiger partial charge in [0.15, 0.2) is 0 Å². The first kappa shape index (κ1) is 21.5. The number of nitrogens with one attached hydrogen (secondary N) is 1. The van der Waals surface area contributed by atoms with Gasteiger partial charge in [0.05, 0.1) is 31.3 Å². The van der Waals surface area contributed by atoms with Gasteiger partial charge in [-0.1, -0.05) is 0 Å². The van der Waals surface area contributed by atoms with E-state index in [0.29, 0.717) is 28.4 Å². The zero-order chi connectivity index (χ0) is 21.8. The molecule has 0 saturated heterocycles. The number of amides is 3. The summed E-state index contributed by atoms with van der Waals surface area (Å²) in [6.07, 6.45) is 0. The van der Waals surface area contributed by atoms with Gasteiger partial charge in [-0.05, 0) is 30.3 Å². The first-order chi connectivity index (χ1) is 14.3. The third-order valence-electron chi connectivity index (χ3n) is 4.54. The lowest BCUT2D eigenvalue weighted by molar-refractivity contribution is -0.120. The number of carbonyl (C=O) groups excluding carboxylic acids is 3. The molecule has 0 fully saturated rings. The lowest BCUT2D eigenvalue weighted by Gasteiger charge is -2.29. The Kier molecular flexibility index (Phi) is 6.51. The van der Waals surface area contributed by atoms with Crippen LogP contribution >= 0.6 is 11.8 Å². The number of hydrogen-bond donors (Lipinski definition) is 1. The fourth-order valence-corrected chi connectivity index (χ4v) is 3.93. The van der Waals surface area contributed by atoms with Gasteiger partial charge in [0, 0.05) is 30.6 Å². The molecule has 0 atom stereocenters. The number of carbonyl (C=O) groups is 3. The molecule has 9 heteroatoms. The molecule has 2 aromatic carbocycles. The molecule has 3 rings (SSSR count). The summed E-state index contributed by atoms with van der Waals surface area (Å²) in [5.41, 5.74) is 1.45. The average Bonchev–Trinajstić information content (AvgIpc) is 2.74. The summed E-state index contributed by atoms with van der Waals surface area (Å²) in [6, 6.07) is 10.2. The number of thioether (sulfide) groups is 1. The van der Waals surface area contributed by atoms with Crippen LogP contribution in [0.2, 0.25) is 0 Å². The molecule has 0 radical (unpaired) electrons. The quantitative estimate of drug-likeness (QED) is 0.759. The maximum atomic E-state index is 12.7. The van der Waals surface area contributed by atoms with E-state index in [-0.39, 0.29) is 24.1 Å². The molecule has 30 heavy (non-hydrogen) atoms. The molecule has 1 aliphatic rings. The van der Waals surface area contributed by atoms with E-state index >= 15 is 0 Å². The Hall–Kier alpha value is -3.20. The Bertz CT molecular complexity index is 993. The fraction of sp³-hybridized carbons (Fsp3) is 0.286. The minimum Gasteiger partial charge on any atom is -0.497 e. The number of methoxy groups -OCH3 is 2. The van der Waals surface area contributed by atoms with Crippen molar-refractivity contribution in [3.63, 3.8) is 0 Å². The zero-order valence-corrected chi connectivity index (χ0v) is 18.0. The van der Waals surface area contributed by atoms with Crippen LogP contribution in [0, 0.1) is 0 Å². The topological polar surface area (TPSA) is 88.2 Å². The largest absolute Gasteiger partial charge is 0.497 e. The molecule has 0 spiro atoms. The summed E-state index contributed by atoms with van der Waals surface area (Å²) in [5.74, 6) is 0.500. The molecule has 0 bridgehead atoms. The lowest BCUT2D eigenvalue weighted by Crippen LogP contribution is -2.41. The van der Waals surface area contributed by atoms with Crippen LogP contribution < -0.4 is 19.7 Å². The number of anilines is 2. The van der Waals surface area contributed by atoms with Crippen molar-refractivity contribution in [3.05, 3.63) is 42.0 Å². The first-order valence-corrected chi connectivity index (χ1v) is 10.1. The van der Waals surface area contributed by atoms with E-state index in [9.17, 15) is 14.4 Å². The summed E-state index contributed by atoms with van der Waals surface area (Å²) < 4.78 is 10.5. The highest BCUT2D eigenvalue weighted by Gasteiger charge is 2.28. The number of ether oxygens (including phenoxy) is 2. The summed E-state index contributed by atoms with van der Waals surface area (Å²) in [6.45, 7) is -0.188. The molecule has 158 valence electrons. The van der Waals surface area contributed by atoms with Gasteiger partial charge in [-0.2, -0.15) is 0 Å². The number of benzene rings is 2. The molecule has 3 amide bonds. The van der Waals surface area contributed by atoms with E-state index in [1.54, 1.807) is 50.5 Å². The van der Waals surface area contributed by atoms with E-state index in [4.69, 9.17) is 9.47 Å². The Balaban J connectivity index is 1.85. The smallest absolute Gasteiger partial charge is 0.253 e. The number of hydrogen-bond acceptors (Lipinski definition) is 6. The van der Waals surface area contributed by atoms with Crippen molar-refractivity contribution < 1.29 is 23.9 Å². The maximum Gasteiger partial charge on any atom is 0.253 e. The summed E-state index contributed by atoms with van der Waals surface area (Å²) in [7, 11) is 6.35. The second-order valence-electron chi connectivity index (χ2n) is 6.77. The second-order valence-corrected chi connectivity index (χ2v) is 7.78. The van der Waals surface area contributed by atoms with Gasteiger partial charge >= 0.3 is 0 Å². The summed E-state index contributed by atoms with van der Waals surface area (Å²) >= 11 is 1.39. The van der Waals surface area contributed by atoms with E-state index in [0.717, 1.165) is 4.90 Å². The molecule has 8 nitrogen and oxygen atoms in total. The van der Waals surface area contributed by atoms with Crippen molar-refractivity contribution in [2.45, 2.75) is 4.90 Å². The van der Waals surface area contributed by atoms with Crippen molar-refractivity contribution in [1.29, 1.82) is 0 Å². The number of fused-ring (bicyclic) bond motifs is 1. The number of nitrogens with zero attached hydrogens (tertiary/aromatic N) is 2. The monoisotopic (exact) mass is 429 g/mol. The second kappa shape index (κ2) is 9.08. The molecule has 2 aromatic rings. The third kappa shape index (κ3) is 4.51. The minimum absolute atomic E-state index is 0.175. The molecule has 1 N–H and O–H groups in total. The van der Waals surface area contributed by atoms with Crippen LogP contribution in [0.5, 0.6) is 11.5 Å². The number of rotatable bonds is 6. The molecule has 0 aliphatic carbocycles. The van der Waals surface area contributed by atoms with Crippen LogP contribution in [-0.4, -0.2) is 63.2 Å². The Morgan fingerprint density at radius 3 is 2.57 bits per heavy atom. The molecule has 0 saturated carbocycles. The van der Waals surface area contributed by atoms with Crippen LogP contribution in [0.25, 0.3) is 0 Å². The highest BCUT2D eigenvalue weighted by molar-refractivity contribution is 8.00. The highest BCUT2D eigenvalue weighted by Crippen LogP contribution is 2.36. The van der Waals surface area contributed by atoms with E-state index in [2.05, 4.69) is 5.32 Å². The molecule has 1 aliphatic heterocycles. The van der Waals surface area contributed by atoms with Crippen LogP contribution in [0.4, 0.5) is 11.4 Å². The average molecular weight is 429 g/mol. The van der Waals surface area contributed by atoms with E-state index < -0.39 is 5.91 Å². The normalized spacial score (nSPS) is 12.8. The molecular formula is C21H23N3O5S. The minimum atomic E-state index is -0.392. The van der Waals surface area contributed by atoms with Gasteiger partial charge in [0.25, 0.3) is 5.91 Å². The van der Waals surface area contributed by atoms with Crippen LogP contribution in [-0.2, 0) is 9.59 Å². The third-order valence-corrected chi connectivity index (χ3v) is 5.59. The molecule has 0 unspecified atom stereocenters. The summed E-state index contributed by atoms with van der Waals surface area (Å²) in [5, 5.41) is 2.77. The van der Waals surface area contributed by atoms with Crippen molar-refractivity contribution in [1.82, 2.24) is 4.90 Å². The van der Waals surface area contributed by atoms with Gasteiger partial charge in [0.2, 0.25) is 11.8 Å². The van der Waals surface area contributed by atoms with Gasteiger partial charge in [-0.3, -0.25) is 14.4 Å². The van der Waals surface area contributed by atoms with E-state index in [1.807, 2.05) is 0 Å². The van der Waals surface area contributed by atoms with Crippen LogP contribution in [0.15, 0.2) is 41.3 Å². The van der Waals surface area contributed by atoms with Crippen molar-refractivity contribution in [2.75, 3.05) is 50.8 Å². The van der Waals surface area contributed by atoms with E-state index in [1.165, 1.54) is 35.8 Å². The zero-order valence-electron chi connectivity index (χ0n) is 17.2. The molecule has 1 heterocycles. The Morgan fingerprint density at radius 1 is 1.13 bits per heavy atom. The first-order valence-electron chi connectivity index (χ1n) is 9.14. The van der Waals surface area contributed by atoms with Gasteiger partial charge in [-0.15, -0.1) is 11.8 Å². The maximum absolute atomic E-state index is 12.7. The van der Waals surface area contributed by atoms with Crippen LogP contribution in [0.1, 0.15) is 10.4 Å². The van der Waals surface area contributed by atoms with Crippen molar-refractivity contribution in [3.8, 4) is 11.5 Å². The SMILES string of the molecule is COc1ccc(OC)c(NC(=O)CN2C(=O)CSc3ccc(C(=O)N(C)C)cc32)c1. The fourth-order valence-electron chi connectivity index (χ4n) is 3.01. The van der Waals surface area contributed by atoms with Gasteiger partial charge in [0.1, 0.15) is 18.0 Å². The lowest BCUT2D eigenvalue weighted by atomic mass is 10.1. The molecule has 0 aromatic heterocycles. The van der Waals surface area contributed by atoms with Crippen LogP contribution in [0.3, 0.4) is 0 Å². The Morgan fingerprint density at radius 2 is 1.90 bits per heavy atom. The standard InChI is InChI=1S/C21H23N3O5S/c1-23(2)21(27)13-5-8-18-16(9-13)24(20(26)12-30-18)11-19(25)22-15-10-14(28-3)6-7-17(15)29-4/h5-10H,11-12H2,1-4H3,(H,22,25). The van der Waals surface area contributed by atoms with Crippen molar-refractivity contribution >= 4 is 40.9 Å². The highest BCUT2D eigenvalue weighted by atomic mass is 32.2.